The van der Waals surface area contributed by atoms with Crippen molar-refractivity contribution in [2.45, 2.75) is 32.2 Å². The molecule has 0 aliphatic heterocycles. The zero-order chi connectivity index (χ0) is 12.7. The van der Waals surface area contributed by atoms with Crippen molar-refractivity contribution in [2.24, 2.45) is 18.7 Å². The summed E-state index contributed by atoms with van der Waals surface area (Å²) in [7, 11) is 1.87. The Morgan fingerprint density at radius 1 is 1.56 bits per heavy atom. The first-order chi connectivity index (χ1) is 8.69. The van der Waals surface area contributed by atoms with Gasteiger partial charge in [-0.3, -0.25) is 4.68 Å². The van der Waals surface area contributed by atoms with E-state index in [9.17, 15) is 0 Å². The molecule has 0 radical (unpaired) electrons. The van der Waals surface area contributed by atoms with Gasteiger partial charge in [0, 0.05) is 7.05 Å². The lowest BCUT2D eigenvalue weighted by atomic mass is 10.2. The van der Waals surface area contributed by atoms with E-state index in [-0.39, 0.29) is 6.04 Å². The highest BCUT2D eigenvalue weighted by Gasteiger charge is 2.32. The first-order valence-corrected chi connectivity index (χ1v) is 6.31. The highest BCUT2D eigenvalue weighted by molar-refractivity contribution is 5.47. The van der Waals surface area contributed by atoms with E-state index in [1.807, 2.05) is 13.1 Å². The monoisotopic (exact) mass is 247 g/mol. The highest BCUT2D eigenvalue weighted by atomic mass is 16.5. The van der Waals surface area contributed by atoms with E-state index in [1.165, 1.54) is 0 Å². The number of rotatable bonds is 4. The Hall–Kier alpha value is -1.69. The molecular formula is C12H17N5O. The lowest BCUT2D eigenvalue weighted by Gasteiger charge is -2.01. The molecule has 18 heavy (non-hydrogen) atoms. The molecule has 6 nitrogen and oxygen atoms in total. The number of nitrogens with two attached hydrogens (primary N) is 1. The van der Waals surface area contributed by atoms with Gasteiger partial charge in [-0.25, -0.2) is 0 Å². The van der Waals surface area contributed by atoms with Gasteiger partial charge in [0.15, 0.2) is 5.82 Å². The lowest BCUT2D eigenvalue weighted by molar-refractivity contribution is 0.409. The lowest BCUT2D eigenvalue weighted by Crippen LogP contribution is -2.13. The van der Waals surface area contributed by atoms with Crippen molar-refractivity contribution in [1.82, 2.24) is 19.9 Å². The van der Waals surface area contributed by atoms with Gasteiger partial charge in [0.1, 0.15) is 5.69 Å². The van der Waals surface area contributed by atoms with E-state index in [0.29, 0.717) is 17.6 Å². The second kappa shape index (κ2) is 4.20. The molecule has 1 saturated carbocycles. The van der Waals surface area contributed by atoms with Crippen LogP contribution in [-0.4, -0.2) is 19.9 Å². The minimum Gasteiger partial charge on any atom is -0.332 e. The van der Waals surface area contributed by atoms with Crippen molar-refractivity contribution in [2.75, 3.05) is 0 Å². The van der Waals surface area contributed by atoms with Crippen LogP contribution in [0.1, 0.15) is 37.3 Å². The van der Waals surface area contributed by atoms with Gasteiger partial charge in [-0.05, 0) is 31.2 Å². The molecule has 1 fully saturated rings. The van der Waals surface area contributed by atoms with Crippen molar-refractivity contribution in [1.29, 1.82) is 0 Å². The molecule has 0 bridgehead atoms. The van der Waals surface area contributed by atoms with E-state index in [4.69, 9.17) is 10.3 Å². The maximum atomic E-state index is 6.05. The van der Waals surface area contributed by atoms with Gasteiger partial charge in [-0.15, -0.1) is 0 Å². The maximum Gasteiger partial charge on any atom is 0.276 e. The number of hydrogen-bond donors (Lipinski definition) is 1. The number of hydrogen-bond acceptors (Lipinski definition) is 5. The van der Waals surface area contributed by atoms with Gasteiger partial charge in [0.05, 0.1) is 11.7 Å². The van der Waals surface area contributed by atoms with E-state index in [1.54, 1.807) is 4.68 Å². The quantitative estimate of drug-likeness (QED) is 0.884. The van der Waals surface area contributed by atoms with Crippen molar-refractivity contribution in [3.8, 4) is 11.6 Å². The topological polar surface area (TPSA) is 82.8 Å². The van der Waals surface area contributed by atoms with Crippen LogP contribution in [0.25, 0.3) is 11.6 Å². The fraction of sp³-hybridized carbons (Fsp3) is 0.583. The second-order valence-electron chi connectivity index (χ2n) is 4.82. The predicted molar refractivity (Wildman–Crippen MR) is 65.5 cm³/mol. The molecule has 1 unspecified atom stereocenters. The molecule has 6 heteroatoms. The van der Waals surface area contributed by atoms with E-state index >= 15 is 0 Å². The molecule has 2 aromatic rings. The summed E-state index contributed by atoms with van der Waals surface area (Å²) in [6, 6.07) is 1.88. The van der Waals surface area contributed by atoms with Crippen LogP contribution in [0.4, 0.5) is 0 Å². The third-order valence-electron chi connectivity index (χ3n) is 3.38. The van der Waals surface area contributed by atoms with Crippen LogP contribution in [0.2, 0.25) is 0 Å². The molecule has 3 rings (SSSR count). The van der Waals surface area contributed by atoms with Crippen LogP contribution in [0, 0.1) is 5.92 Å². The van der Waals surface area contributed by atoms with Gasteiger partial charge >= 0.3 is 0 Å². The van der Waals surface area contributed by atoms with Crippen LogP contribution in [0.15, 0.2) is 10.6 Å². The number of aryl methyl sites for hydroxylation is 2. The average molecular weight is 247 g/mol. The fourth-order valence-corrected chi connectivity index (χ4v) is 2.04. The molecule has 0 amide bonds. The highest BCUT2D eigenvalue weighted by Crippen LogP contribution is 2.38. The Morgan fingerprint density at radius 2 is 2.33 bits per heavy atom. The van der Waals surface area contributed by atoms with Crippen molar-refractivity contribution >= 4 is 0 Å². The average Bonchev–Trinajstić information content (AvgIpc) is 2.98. The first kappa shape index (κ1) is 11.4. The number of aromatic nitrogens is 4. The van der Waals surface area contributed by atoms with Gasteiger partial charge in [0.25, 0.3) is 5.89 Å². The summed E-state index contributed by atoms with van der Waals surface area (Å²) in [6.45, 7) is 2.06. The largest absolute Gasteiger partial charge is 0.332 e. The normalized spacial score (nSPS) is 17.1. The van der Waals surface area contributed by atoms with Crippen LogP contribution in [0.5, 0.6) is 0 Å². The fourth-order valence-electron chi connectivity index (χ4n) is 2.04. The standard InChI is InChI=1S/C12H17N5O/c1-3-8-6-9(17(2)15-8)12-14-11(16-18-12)10(13)7-4-5-7/h6-7,10H,3-5,13H2,1-2H3. The molecular weight excluding hydrogens is 230 g/mol. The summed E-state index contributed by atoms with van der Waals surface area (Å²) in [4.78, 5) is 4.39. The van der Waals surface area contributed by atoms with Crippen molar-refractivity contribution in [3.63, 3.8) is 0 Å². The van der Waals surface area contributed by atoms with Gasteiger partial charge in [0.2, 0.25) is 0 Å². The summed E-state index contributed by atoms with van der Waals surface area (Å²) in [5.74, 6) is 1.62. The number of nitrogens with zero attached hydrogens (tertiary/aromatic N) is 4. The summed E-state index contributed by atoms with van der Waals surface area (Å²) in [6.07, 6.45) is 3.21. The van der Waals surface area contributed by atoms with Crippen LogP contribution >= 0.6 is 0 Å². The molecule has 0 saturated heterocycles. The van der Waals surface area contributed by atoms with Gasteiger partial charge < -0.3 is 10.3 Å². The Kier molecular flexibility index (Phi) is 2.66. The first-order valence-electron chi connectivity index (χ1n) is 6.31. The van der Waals surface area contributed by atoms with Gasteiger partial charge in [-0.1, -0.05) is 12.1 Å². The third kappa shape index (κ3) is 1.92. The second-order valence-corrected chi connectivity index (χ2v) is 4.82. The summed E-state index contributed by atoms with van der Waals surface area (Å²) in [5.41, 5.74) is 7.91. The molecule has 2 aromatic heterocycles. The third-order valence-corrected chi connectivity index (χ3v) is 3.38. The minimum atomic E-state index is -0.0960. The maximum absolute atomic E-state index is 6.05. The molecule has 1 atom stereocenters. The zero-order valence-electron chi connectivity index (χ0n) is 10.6. The summed E-state index contributed by atoms with van der Waals surface area (Å²) in [5, 5.41) is 8.34. The predicted octanol–water partition coefficient (Wildman–Crippen LogP) is 1.44. The SMILES string of the molecule is CCc1cc(-c2nc(C(N)C3CC3)no2)n(C)n1. The van der Waals surface area contributed by atoms with E-state index in [0.717, 1.165) is 30.7 Å². The van der Waals surface area contributed by atoms with Crippen LogP contribution in [0.3, 0.4) is 0 Å². The minimum absolute atomic E-state index is 0.0960. The van der Waals surface area contributed by atoms with Crippen LogP contribution < -0.4 is 5.73 Å². The molecule has 0 spiro atoms. The Balaban J connectivity index is 1.89. The molecule has 1 aliphatic rings. The molecule has 2 N–H and O–H groups in total. The molecule has 0 aromatic carbocycles. The van der Waals surface area contributed by atoms with Crippen LogP contribution in [-0.2, 0) is 13.5 Å². The molecule has 1 aliphatic carbocycles. The smallest absolute Gasteiger partial charge is 0.276 e. The Bertz CT molecular complexity index is 555. The van der Waals surface area contributed by atoms with Crippen molar-refractivity contribution in [3.05, 3.63) is 17.6 Å². The Morgan fingerprint density at radius 3 is 2.94 bits per heavy atom. The van der Waals surface area contributed by atoms with E-state index in [2.05, 4.69) is 22.2 Å². The molecule has 2 heterocycles. The van der Waals surface area contributed by atoms with E-state index < -0.39 is 0 Å². The van der Waals surface area contributed by atoms with Crippen molar-refractivity contribution < 1.29 is 4.52 Å². The Labute approximate surface area is 105 Å². The zero-order valence-corrected chi connectivity index (χ0v) is 10.6. The molecule has 96 valence electrons. The van der Waals surface area contributed by atoms with Gasteiger partial charge in [-0.2, -0.15) is 10.1 Å². The summed E-state index contributed by atoms with van der Waals surface area (Å²) >= 11 is 0. The summed E-state index contributed by atoms with van der Waals surface area (Å²) < 4.78 is 7.05.